The smallest absolute Gasteiger partial charge is 0.0105 e. The minimum absolute atomic E-state index is 0.293. The Morgan fingerprint density at radius 3 is 2.64 bits per heavy atom. The zero-order valence-electron chi connectivity index (χ0n) is 9.46. The molecular weight excluding hydrogens is 170 g/mol. The molecule has 0 spiro atoms. The van der Waals surface area contributed by atoms with Gasteiger partial charge in [0.05, 0.1) is 0 Å². The molecule has 0 aromatic heterocycles. The number of benzene rings is 1. The largest absolute Gasteiger partial charge is 0.327 e. The van der Waals surface area contributed by atoms with Gasteiger partial charge in [-0.3, -0.25) is 0 Å². The van der Waals surface area contributed by atoms with Crippen LogP contribution in [-0.4, -0.2) is 6.04 Å². The van der Waals surface area contributed by atoms with Gasteiger partial charge in [-0.15, -0.1) is 0 Å². The van der Waals surface area contributed by atoms with E-state index in [-0.39, 0.29) is 0 Å². The van der Waals surface area contributed by atoms with E-state index < -0.39 is 0 Å². The number of hydrogen-bond donors (Lipinski definition) is 1. The van der Waals surface area contributed by atoms with Crippen LogP contribution in [0.4, 0.5) is 0 Å². The van der Waals surface area contributed by atoms with E-state index in [1.807, 2.05) is 0 Å². The molecule has 78 valence electrons. The molecule has 1 aromatic carbocycles. The summed E-state index contributed by atoms with van der Waals surface area (Å²) in [6.07, 6.45) is 2.16. The highest BCUT2D eigenvalue weighted by Crippen LogP contribution is 2.12. The van der Waals surface area contributed by atoms with Gasteiger partial charge in [0, 0.05) is 6.04 Å². The standard InChI is InChI=1S/C13H21N/c1-4-11(3)13(14)9-12-7-5-6-10(2)8-12/h5-8,11,13H,4,9,14H2,1-3H3. The summed E-state index contributed by atoms with van der Waals surface area (Å²) in [6.45, 7) is 6.54. The second-order valence-electron chi connectivity index (χ2n) is 4.24. The SMILES string of the molecule is CCC(C)C(N)Cc1cccc(C)c1. The third-order valence-electron chi connectivity index (χ3n) is 2.93. The highest BCUT2D eigenvalue weighted by atomic mass is 14.6. The predicted octanol–water partition coefficient (Wildman–Crippen LogP) is 2.91. The van der Waals surface area contributed by atoms with Crippen molar-refractivity contribution in [1.82, 2.24) is 0 Å². The van der Waals surface area contributed by atoms with Gasteiger partial charge in [-0.25, -0.2) is 0 Å². The van der Waals surface area contributed by atoms with Crippen molar-refractivity contribution in [3.63, 3.8) is 0 Å². The van der Waals surface area contributed by atoms with Crippen LogP contribution in [0.5, 0.6) is 0 Å². The average molecular weight is 191 g/mol. The van der Waals surface area contributed by atoms with Crippen molar-refractivity contribution in [1.29, 1.82) is 0 Å². The van der Waals surface area contributed by atoms with Gasteiger partial charge in [-0.2, -0.15) is 0 Å². The van der Waals surface area contributed by atoms with Crippen LogP contribution in [0.2, 0.25) is 0 Å². The summed E-state index contributed by atoms with van der Waals surface area (Å²) in [5.74, 6) is 0.607. The molecule has 1 rings (SSSR count). The van der Waals surface area contributed by atoms with Crippen LogP contribution in [0.3, 0.4) is 0 Å². The van der Waals surface area contributed by atoms with Gasteiger partial charge in [0.15, 0.2) is 0 Å². The molecule has 2 unspecified atom stereocenters. The summed E-state index contributed by atoms with van der Waals surface area (Å²) in [6, 6.07) is 8.91. The zero-order chi connectivity index (χ0) is 10.6. The van der Waals surface area contributed by atoms with Crippen LogP contribution in [-0.2, 0) is 6.42 Å². The van der Waals surface area contributed by atoms with Crippen molar-refractivity contribution in [3.8, 4) is 0 Å². The molecule has 0 bridgehead atoms. The summed E-state index contributed by atoms with van der Waals surface area (Å²) < 4.78 is 0. The van der Waals surface area contributed by atoms with E-state index in [4.69, 9.17) is 5.73 Å². The molecule has 2 N–H and O–H groups in total. The van der Waals surface area contributed by atoms with E-state index in [1.54, 1.807) is 0 Å². The van der Waals surface area contributed by atoms with Crippen LogP contribution in [0, 0.1) is 12.8 Å². The van der Waals surface area contributed by atoms with Gasteiger partial charge >= 0.3 is 0 Å². The number of rotatable bonds is 4. The monoisotopic (exact) mass is 191 g/mol. The summed E-state index contributed by atoms with van der Waals surface area (Å²) in [7, 11) is 0. The normalized spacial score (nSPS) is 15.1. The van der Waals surface area contributed by atoms with Crippen LogP contribution in [0.25, 0.3) is 0 Å². The van der Waals surface area contributed by atoms with Gasteiger partial charge in [0.1, 0.15) is 0 Å². The Morgan fingerprint density at radius 1 is 1.36 bits per heavy atom. The molecule has 0 fully saturated rings. The lowest BCUT2D eigenvalue weighted by Crippen LogP contribution is -2.30. The molecule has 1 heteroatoms. The Labute approximate surface area is 87.3 Å². The fourth-order valence-corrected chi connectivity index (χ4v) is 1.62. The Kier molecular flexibility index (Phi) is 4.15. The topological polar surface area (TPSA) is 26.0 Å². The molecule has 0 saturated heterocycles. The number of aryl methyl sites for hydroxylation is 1. The molecule has 0 aliphatic carbocycles. The average Bonchev–Trinajstić information content (AvgIpc) is 2.16. The van der Waals surface area contributed by atoms with Crippen molar-refractivity contribution >= 4 is 0 Å². The molecule has 0 heterocycles. The summed E-state index contributed by atoms with van der Waals surface area (Å²) >= 11 is 0. The first-order chi connectivity index (χ1) is 6.63. The van der Waals surface area contributed by atoms with Gasteiger partial charge < -0.3 is 5.73 Å². The van der Waals surface area contributed by atoms with Crippen molar-refractivity contribution in [3.05, 3.63) is 35.4 Å². The first-order valence-electron chi connectivity index (χ1n) is 5.44. The van der Waals surface area contributed by atoms with Crippen LogP contribution < -0.4 is 5.73 Å². The maximum absolute atomic E-state index is 6.11. The maximum Gasteiger partial charge on any atom is 0.0105 e. The first kappa shape index (κ1) is 11.3. The van der Waals surface area contributed by atoms with Crippen molar-refractivity contribution in [2.24, 2.45) is 11.7 Å². The second kappa shape index (κ2) is 5.16. The molecule has 2 atom stereocenters. The van der Waals surface area contributed by atoms with E-state index >= 15 is 0 Å². The molecule has 1 aromatic rings. The number of hydrogen-bond acceptors (Lipinski definition) is 1. The first-order valence-corrected chi connectivity index (χ1v) is 5.44. The predicted molar refractivity (Wildman–Crippen MR) is 62.3 cm³/mol. The summed E-state index contributed by atoms with van der Waals surface area (Å²) in [5, 5.41) is 0. The third kappa shape index (κ3) is 3.15. The lowest BCUT2D eigenvalue weighted by molar-refractivity contribution is 0.440. The molecule has 1 nitrogen and oxygen atoms in total. The molecule has 0 aliphatic rings. The van der Waals surface area contributed by atoms with E-state index in [0.717, 1.165) is 12.8 Å². The summed E-state index contributed by atoms with van der Waals surface area (Å²) in [4.78, 5) is 0. The van der Waals surface area contributed by atoms with E-state index in [9.17, 15) is 0 Å². The fraction of sp³-hybridized carbons (Fsp3) is 0.538. The van der Waals surface area contributed by atoms with Crippen molar-refractivity contribution in [2.75, 3.05) is 0 Å². The lowest BCUT2D eigenvalue weighted by atomic mass is 9.93. The van der Waals surface area contributed by atoms with Gasteiger partial charge in [0.25, 0.3) is 0 Å². The Morgan fingerprint density at radius 2 is 2.07 bits per heavy atom. The highest BCUT2D eigenvalue weighted by Gasteiger charge is 2.10. The Bertz CT molecular complexity index is 280. The van der Waals surface area contributed by atoms with Gasteiger partial charge in [-0.05, 0) is 24.8 Å². The second-order valence-corrected chi connectivity index (χ2v) is 4.24. The summed E-state index contributed by atoms with van der Waals surface area (Å²) in [5.41, 5.74) is 8.79. The highest BCUT2D eigenvalue weighted by molar-refractivity contribution is 5.22. The van der Waals surface area contributed by atoms with E-state index in [1.165, 1.54) is 11.1 Å². The molecule has 0 aliphatic heterocycles. The van der Waals surface area contributed by atoms with Crippen molar-refractivity contribution in [2.45, 2.75) is 39.7 Å². The molecule has 0 radical (unpaired) electrons. The Hall–Kier alpha value is -0.820. The van der Waals surface area contributed by atoms with E-state index in [2.05, 4.69) is 45.0 Å². The van der Waals surface area contributed by atoms with Crippen LogP contribution in [0.1, 0.15) is 31.4 Å². The fourth-order valence-electron chi connectivity index (χ4n) is 1.62. The molecule has 0 amide bonds. The van der Waals surface area contributed by atoms with E-state index in [0.29, 0.717) is 12.0 Å². The minimum Gasteiger partial charge on any atom is -0.327 e. The number of nitrogens with two attached hydrogens (primary N) is 1. The molecule has 14 heavy (non-hydrogen) atoms. The zero-order valence-corrected chi connectivity index (χ0v) is 9.46. The van der Waals surface area contributed by atoms with Crippen LogP contribution >= 0.6 is 0 Å². The van der Waals surface area contributed by atoms with Crippen molar-refractivity contribution < 1.29 is 0 Å². The maximum atomic E-state index is 6.11. The third-order valence-corrected chi connectivity index (χ3v) is 2.93. The molecule has 0 saturated carbocycles. The quantitative estimate of drug-likeness (QED) is 0.778. The Balaban J connectivity index is 2.60. The minimum atomic E-state index is 0.293. The van der Waals surface area contributed by atoms with Gasteiger partial charge in [0.2, 0.25) is 0 Å². The molecular formula is C13H21N. The van der Waals surface area contributed by atoms with Gasteiger partial charge in [-0.1, -0.05) is 50.1 Å². The lowest BCUT2D eigenvalue weighted by Gasteiger charge is -2.18. The van der Waals surface area contributed by atoms with Crippen LogP contribution in [0.15, 0.2) is 24.3 Å².